The maximum absolute atomic E-state index is 14.0. The number of halogens is 1. The summed E-state index contributed by atoms with van der Waals surface area (Å²) in [6, 6.07) is 12.6. The largest absolute Gasteiger partial charge is 0.445 e. The molecule has 0 bridgehead atoms. The zero-order chi connectivity index (χ0) is 29.1. The SMILES string of the molecule is CC(C)(C)OC(=O)N1CC[C@H](OS(C)(=O)=O)[C@H]1C(CNC(=O)OCc1ccccc1)c1c[nH]c2cc(F)ccc12. The summed E-state index contributed by atoms with van der Waals surface area (Å²) < 4.78 is 54.8. The van der Waals surface area contributed by atoms with Crippen molar-refractivity contribution in [2.75, 3.05) is 19.3 Å². The van der Waals surface area contributed by atoms with Crippen LogP contribution in [0.2, 0.25) is 0 Å². The number of benzene rings is 2. The first-order chi connectivity index (χ1) is 18.8. The van der Waals surface area contributed by atoms with Crippen LogP contribution in [0, 0.1) is 5.82 Å². The number of likely N-dealkylation sites (tertiary alicyclic amines) is 1. The van der Waals surface area contributed by atoms with Gasteiger partial charge in [-0.2, -0.15) is 8.42 Å². The Morgan fingerprint density at radius 2 is 1.90 bits per heavy atom. The average molecular weight is 576 g/mol. The van der Waals surface area contributed by atoms with Crippen LogP contribution in [0.5, 0.6) is 0 Å². The highest BCUT2D eigenvalue weighted by molar-refractivity contribution is 7.86. The number of hydrogen-bond donors (Lipinski definition) is 2. The average Bonchev–Trinajstić information content (AvgIpc) is 3.46. The van der Waals surface area contributed by atoms with Gasteiger partial charge in [-0.05, 0) is 56.5 Å². The molecular weight excluding hydrogens is 541 g/mol. The van der Waals surface area contributed by atoms with Crippen molar-refractivity contribution >= 4 is 33.2 Å². The number of aromatic amines is 1. The van der Waals surface area contributed by atoms with E-state index in [0.29, 0.717) is 16.5 Å². The number of fused-ring (bicyclic) bond motifs is 1. The molecule has 3 atom stereocenters. The maximum atomic E-state index is 14.0. The molecule has 1 aromatic heterocycles. The number of aromatic nitrogens is 1. The van der Waals surface area contributed by atoms with Crippen LogP contribution in [0.4, 0.5) is 14.0 Å². The topological polar surface area (TPSA) is 127 Å². The van der Waals surface area contributed by atoms with Gasteiger partial charge in [0, 0.05) is 36.1 Å². The van der Waals surface area contributed by atoms with E-state index >= 15 is 0 Å². The van der Waals surface area contributed by atoms with Gasteiger partial charge in [0.15, 0.2) is 0 Å². The van der Waals surface area contributed by atoms with E-state index in [1.807, 2.05) is 30.3 Å². The Bertz CT molecular complexity index is 1450. The number of hydrogen-bond acceptors (Lipinski definition) is 7. The lowest BCUT2D eigenvalue weighted by molar-refractivity contribution is 0.0141. The first-order valence-corrected chi connectivity index (χ1v) is 14.7. The lowest BCUT2D eigenvalue weighted by atomic mass is 9.88. The molecule has 0 saturated carbocycles. The monoisotopic (exact) mass is 575 g/mol. The van der Waals surface area contributed by atoms with Crippen LogP contribution in [0.15, 0.2) is 54.7 Å². The predicted molar refractivity (Wildman–Crippen MR) is 147 cm³/mol. The molecule has 1 saturated heterocycles. The summed E-state index contributed by atoms with van der Waals surface area (Å²) in [6.07, 6.45) is 0.586. The van der Waals surface area contributed by atoms with Crippen molar-refractivity contribution in [2.45, 2.75) is 57.5 Å². The van der Waals surface area contributed by atoms with Gasteiger partial charge in [-0.3, -0.25) is 4.18 Å². The fraction of sp³-hybridized carbons (Fsp3) is 0.429. The Morgan fingerprint density at radius 3 is 2.58 bits per heavy atom. The molecule has 216 valence electrons. The molecular formula is C28H34FN3O7S. The number of nitrogens with one attached hydrogen (secondary N) is 2. The number of alkyl carbamates (subject to hydrolysis) is 1. The van der Waals surface area contributed by atoms with Crippen molar-refractivity contribution in [3.63, 3.8) is 0 Å². The molecule has 1 aliphatic rings. The molecule has 1 fully saturated rings. The molecule has 0 spiro atoms. The summed E-state index contributed by atoms with van der Waals surface area (Å²) >= 11 is 0. The van der Waals surface area contributed by atoms with Crippen LogP contribution < -0.4 is 5.32 Å². The Kier molecular flexibility index (Phi) is 8.69. The third-order valence-electron chi connectivity index (χ3n) is 6.49. The zero-order valence-corrected chi connectivity index (χ0v) is 23.7. The van der Waals surface area contributed by atoms with Crippen molar-refractivity contribution in [1.29, 1.82) is 0 Å². The summed E-state index contributed by atoms with van der Waals surface area (Å²) in [5.74, 6) is -1.11. The summed E-state index contributed by atoms with van der Waals surface area (Å²) in [4.78, 5) is 30.5. The summed E-state index contributed by atoms with van der Waals surface area (Å²) in [5.41, 5.74) is 1.15. The smallest absolute Gasteiger partial charge is 0.410 e. The number of carbonyl (C=O) groups excluding carboxylic acids is 2. The first kappa shape index (κ1) is 29.3. The van der Waals surface area contributed by atoms with E-state index in [9.17, 15) is 22.4 Å². The molecule has 10 nitrogen and oxygen atoms in total. The van der Waals surface area contributed by atoms with E-state index in [1.165, 1.54) is 17.0 Å². The van der Waals surface area contributed by atoms with E-state index in [-0.39, 0.29) is 26.1 Å². The second-order valence-electron chi connectivity index (χ2n) is 10.8. The third-order valence-corrected chi connectivity index (χ3v) is 7.09. The first-order valence-electron chi connectivity index (χ1n) is 12.9. The number of rotatable bonds is 8. The Balaban J connectivity index is 1.68. The fourth-order valence-corrected chi connectivity index (χ4v) is 5.60. The molecule has 1 aliphatic heterocycles. The van der Waals surface area contributed by atoms with Crippen molar-refractivity contribution < 1.29 is 36.1 Å². The lowest BCUT2D eigenvalue weighted by Crippen LogP contribution is -2.49. The molecule has 40 heavy (non-hydrogen) atoms. The van der Waals surface area contributed by atoms with Gasteiger partial charge in [0.2, 0.25) is 0 Å². The maximum Gasteiger partial charge on any atom is 0.410 e. The molecule has 4 rings (SSSR count). The van der Waals surface area contributed by atoms with E-state index < -0.39 is 51.8 Å². The molecule has 0 radical (unpaired) electrons. The molecule has 2 N–H and O–H groups in total. The number of carbonyl (C=O) groups is 2. The van der Waals surface area contributed by atoms with Gasteiger partial charge >= 0.3 is 12.2 Å². The standard InChI is InChI=1S/C28H34FN3O7S/c1-28(2,3)38-27(34)32-13-12-24(39-40(4,35)36)25(32)22(21-15-30-23-14-19(29)10-11-20(21)23)16-31-26(33)37-17-18-8-6-5-7-9-18/h5-11,14-15,22,24-25,30H,12-13,16-17H2,1-4H3,(H,31,33)/t22?,24-,25+/m0/s1. The van der Waals surface area contributed by atoms with Crippen LogP contribution in [0.1, 0.15) is 44.2 Å². The van der Waals surface area contributed by atoms with Gasteiger partial charge in [0.25, 0.3) is 10.1 Å². The van der Waals surface area contributed by atoms with Crippen LogP contribution >= 0.6 is 0 Å². The molecule has 0 aliphatic carbocycles. The Morgan fingerprint density at radius 1 is 1.18 bits per heavy atom. The van der Waals surface area contributed by atoms with Crippen LogP contribution in [0.3, 0.4) is 0 Å². The summed E-state index contributed by atoms with van der Waals surface area (Å²) in [7, 11) is -3.89. The summed E-state index contributed by atoms with van der Waals surface area (Å²) in [6.45, 7) is 5.39. The van der Waals surface area contributed by atoms with Crippen LogP contribution in [0.25, 0.3) is 10.9 Å². The fourth-order valence-electron chi connectivity index (χ4n) is 4.94. The molecule has 2 aromatic carbocycles. The normalized spacial score (nSPS) is 18.5. The minimum atomic E-state index is -3.89. The van der Waals surface area contributed by atoms with Crippen molar-refractivity contribution in [3.05, 3.63) is 71.7 Å². The van der Waals surface area contributed by atoms with Gasteiger partial charge in [-0.25, -0.2) is 14.0 Å². The second-order valence-corrected chi connectivity index (χ2v) is 12.4. The Labute approximate surface area is 232 Å². The van der Waals surface area contributed by atoms with Gasteiger partial charge in [-0.1, -0.05) is 30.3 Å². The number of ether oxygens (including phenoxy) is 2. The third kappa shape index (κ3) is 7.51. The van der Waals surface area contributed by atoms with E-state index in [4.69, 9.17) is 13.7 Å². The van der Waals surface area contributed by atoms with E-state index in [1.54, 1.807) is 33.0 Å². The lowest BCUT2D eigenvalue weighted by Gasteiger charge is -2.35. The zero-order valence-electron chi connectivity index (χ0n) is 22.8. The van der Waals surface area contributed by atoms with Crippen LogP contribution in [-0.2, 0) is 30.4 Å². The molecule has 3 aromatic rings. The number of nitrogens with zero attached hydrogens (tertiary/aromatic N) is 1. The second kappa shape index (κ2) is 11.8. The minimum Gasteiger partial charge on any atom is -0.445 e. The molecule has 2 heterocycles. The van der Waals surface area contributed by atoms with Crippen molar-refractivity contribution in [3.8, 4) is 0 Å². The van der Waals surface area contributed by atoms with Gasteiger partial charge in [0.05, 0.1) is 18.4 Å². The van der Waals surface area contributed by atoms with Gasteiger partial charge in [0.1, 0.15) is 18.0 Å². The highest BCUT2D eigenvalue weighted by Crippen LogP contribution is 2.37. The quantitative estimate of drug-likeness (QED) is 0.374. The minimum absolute atomic E-state index is 0.0362. The van der Waals surface area contributed by atoms with Crippen LogP contribution in [-0.4, -0.2) is 67.6 Å². The molecule has 1 unspecified atom stereocenters. The van der Waals surface area contributed by atoms with Crippen molar-refractivity contribution in [1.82, 2.24) is 15.2 Å². The van der Waals surface area contributed by atoms with Crippen molar-refractivity contribution in [2.24, 2.45) is 0 Å². The van der Waals surface area contributed by atoms with E-state index in [0.717, 1.165) is 11.8 Å². The van der Waals surface area contributed by atoms with Gasteiger partial charge in [-0.15, -0.1) is 0 Å². The molecule has 12 heteroatoms. The number of H-pyrrole nitrogens is 1. The Hall–Kier alpha value is -3.64. The highest BCUT2D eigenvalue weighted by atomic mass is 32.2. The molecule has 2 amide bonds. The summed E-state index contributed by atoms with van der Waals surface area (Å²) in [5, 5.41) is 3.41. The van der Waals surface area contributed by atoms with E-state index in [2.05, 4.69) is 10.3 Å². The predicted octanol–water partition coefficient (Wildman–Crippen LogP) is 4.67. The number of amides is 2. The highest BCUT2D eigenvalue weighted by Gasteiger charge is 2.46. The van der Waals surface area contributed by atoms with Gasteiger partial charge < -0.3 is 24.7 Å².